The molecule has 7 heteroatoms. The molecular weight excluding hydrogens is 354 g/mol. The summed E-state index contributed by atoms with van der Waals surface area (Å²) in [5.74, 6) is 1.35. The molecule has 0 spiro atoms. The molecule has 0 aromatic heterocycles. The first kappa shape index (κ1) is 22.5. The maximum absolute atomic E-state index is 12.7. The Kier molecular flexibility index (Phi) is 9.58. The summed E-state index contributed by atoms with van der Waals surface area (Å²) in [6.07, 6.45) is 8.01. The number of likely N-dealkylation sites (tertiary alicyclic amines) is 1. The number of aliphatic imine (C=N–C) groups is 1. The van der Waals surface area contributed by atoms with Crippen molar-refractivity contribution < 1.29 is 9.59 Å². The van der Waals surface area contributed by atoms with Crippen LogP contribution in [0.2, 0.25) is 0 Å². The fourth-order valence-electron chi connectivity index (χ4n) is 3.92. The topological polar surface area (TPSA) is 85.8 Å². The Hall–Kier alpha value is -1.79. The molecule has 2 atom stereocenters. The standard InChI is InChI=1S/C21H39N5O2/c1-4-16(3)24-19(27)11-13-23-21(22-5-2)25-18-12-14-26(15-18)20(28)17-9-7-6-8-10-17/h16-18H,4-15H2,1-3H3,(H,24,27)(H2,22,23,25). The van der Waals surface area contributed by atoms with Crippen LogP contribution in [-0.2, 0) is 9.59 Å². The molecule has 2 aliphatic rings. The minimum Gasteiger partial charge on any atom is -0.357 e. The number of amides is 2. The summed E-state index contributed by atoms with van der Waals surface area (Å²) in [4.78, 5) is 31.2. The molecule has 28 heavy (non-hydrogen) atoms. The zero-order valence-corrected chi connectivity index (χ0v) is 17.9. The van der Waals surface area contributed by atoms with Gasteiger partial charge in [-0.3, -0.25) is 14.6 Å². The van der Waals surface area contributed by atoms with Crippen molar-refractivity contribution in [3.05, 3.63) is 0 Å². The van der Waals surface area contributed by atoms with E-state index in [1.807, 2.05) is 18.7 Å². The van der Waals surface area contributed by atoms with Gasteiger partial charge in [0.05, 0.1) is 6.54 Å². The first-order valence-electron chi connectivity index (χ1n) is 11.2. The van der Waals surface area contributed by atoms with Gasteiger partial charge in [0.2, 0.25) is 11.8 Å². The number of hydrogen-bond acceptors (Lipinski definition) is 3. The largest absolute Gasteiger partial charge is 0.357 e. The van der Waals surface area contributed by atoms with Crippen molar-refractivity contribution in [2.75, 3.05) is 26.2 Å². The Morgan fingerprint density at radius 3 is 2.57 bits per heavy atom. The number of nitrogens with zero attached hydrogens (tertiary/aromatic N) is 2. The molecule has 1 saturated heterocycles. The number of guanidine groups is 1. The molecule has 2 amide bonds. The van der Waals surface area contributed by atoms with Crippen molar-refractivity contribution in [2.24, 2.45) is 10.9 Å². The monoisotopic (exact) mass is 393 g/mol. The summed E-state index contributed by atoms with van der Waals surface area (Å²) in [5.41, 5.74) is 0. The predicted molar refractivity (Wildman–Crippen MR) is 113 cm³/mol. The van der Waals surface area contributed by atoms with E-state index in [0.717, 1.165) is 51.3 Å². The Bertz CT molecular complexity index is 531. The smallest absolute Gasteiger partial charge is 0.225 e. The van der Waals surface area contributed by atoms with E-state index in [1.165, 1.54) is 19.3 Å². The molecule has 2 fully saturated rings. The number of hydrogen-bond donors (Lipinski definition) is 3. The molecule has 0 bridgehead atoms. The second-order valence-corrected chi connectivity index (χ2v) is 8.14. The van der Waals surface area contributed by atoms with Gasteiger partial charge in [-0.25, -0.2) is 0 Å². The normalized spacial score (nSPS) is 22.0. The predicted octanol–water partition coefficient (Wildman–Crippen LogP) is 2.03. The maximum atomic E-state index is 12.7. The third-order valence-corrected chi connectivity index (χ3v) is 5.77. The van der Waals surface area contributed by atoms with Crippen LogP contribution in [0.1, 0.15) is 72.1 Å². The molecule has 0 aromatic rings. The highest BCUT2D eigenvalue weighted by Gasteiger charge is 2.31. The van der Waals surface area contributed by atoms with Crippen LogP contribution in [0.5, 0.6) is 0 Å². The molecule has 1 saturated carbocycles. The van der Waals surface area contributed by atoms with Gasteiger partial charge in [-0.05, 0) is 39.5 Å². The maximum Gasteiger partial charge on any atom is 0.225 e. The van der Waals surface area contributed by atoms with Crippen LogP contribution in [0.15, 0.2) is 4.99 Å². The van der Waals surface area contributed by atoms with E-state index in [4.69, 9.17) is 0 Å². The molecule has 1 heterocycles. The highest BCUT2D eigenvalue weighted by molar-refractivity contribution is 5.82. The number of carbonyl (C=O) groups is 2. The van der Waals surface area contributed by atoms with Crippen LogP contribution >= 0.6 is 0 Å². The Morgan fingerprint density at radius 1 is 1.14 bits per heavy atom. The van der Waals surface area contributed by atoms with E-state index in [1.54, 1.807) is 0 Å². The summed E-state index contributed by atoms with van der Waals surface area (Å²) in [6.45, 7) is 8.88. The number of carbonyl (C=O) groups excluding carboxylic acids is 2. The van der Waals surface area contributed by atoms with Crippen LogP contribution in [0.25, 0.3) is 0 Å². The lowest BCUT2D eigenvalue weighted by molar-refractivity contribution is -0.135. The zero-order valence-electron chi connectivity index (χ0n) is 17.9. The number of rotatable bonds is 8. The molecule has 1 aliphatic heterocycles. The lowest BCUT2D eigenvalue weighted by atomic mass is 9.88. The van der Waals surface area contributed by atoms with Crippen LogP contribution in [0.4, 0.5) is 0 Å². The molecule has 3 N–H and O–H groups in total. The lowest BCUT2D eigenvalue weighted by Crippen LogP contribution is -2.45. The van der Waals surface area contributed by atoms with Gasteiger partial charge in [0.25, 0.3) is 0 Å². The van der Waals surface area contributed by atoms with Gasteiger partial charge in [0.1, 0.15) is 0 Å². The third-order valence-electron chi connectivity index (χ3n) is 5.77. The lowest BCUT2D eigenvalue weighted by Gasteiger charge is -2.26. The minimum absolute atomic E-state index is 0.0408. The molecule has 0 aromatic carbocycles. The van der Waals surface area contributed by atoms with E-state index in [0.29, 0.717) is 18.9 Å². The van der Waals surface area contributed by atoms with E-state index in [2.05, 4.69) is 27.9 Å². The Labute approximate surface area is 170 Å². The fraction of sp³-hybridized carbons (Fsp3) is 0.857. The minimum atomic E-state index is 0.0408. The Balaban J connectivity index is 1.78. The number of nitrogens with one attached hydrogen (secondary N) is 3. The Morgan fingerprint density at radius 2 is 1.89 bits per heavy atom. The van der Waals surface area contributed by atoms with Crippen molar-refractivity contribution in [1.29, 1.82) is 0 Å². The molecule has 2 rings (SSSR count). The van der Waals surface area contributed by atoms with Crippen molar-refractivity contribution in [2.45, 2.75) is 84.2 Å². The zero-order chi connectivity index (χ0) is 20.4. The highest BCUT2D eigenvalue weighted by Crippen LogP contribution is 2.26. The van der Waals surface area contributed by atoms with Gasteiger partial charge in [0, 0.05) is 44.1 Å². The average Bonchev–Trinajstić information content (AvgIpc) is 3.16. The summed E-state index contributed by atoms with van der Waals surface area (Å²) in [5, 5.41) is 9.65. The van der Waals surface area contributed by atoms with Crippen LogP contribution < -0.4 is 16.0 Å². The summed E-state index contributed by atoms with van der Waals surface area (Å²) in [7, 11) is 0. The van der Waals surface area contributed by atoms with Gasteiger partial charge in [-0.2, -0.15) is 0 Å². The molecule has 0 radical (unpaired) electrons. The second kappa shape index (κ2) is 11.9. The SMILES string of the molecule is CCNC(=NCCC(=O)NC(C)CC)NC1CCN(C(=O)C2CCCCC2)C1. The molecule has 160 valence electrons. The van der Waals surface area contributed by atoms with Crippen molar-refractivity contribution >= 4 is 17.8 Å². The first-order chi connectivity index (χ1) is 13.5. The summed E-state index contributed by atoms with van der Waals surface area (Å²) >= 11 is 0. The molecular formula is C21H39N5O2. The van der Waals surface area contributed by atoms with Gasteiger partial charge < -0.3 is 20.9 Å². The van der Waals surface area contributed by atoms with Gasteiger partial charge in [0.15, 0.2) is 5.96 Å². The highest BCUT2D eigenvalue weighted by atomic mass is 16.2. The average molecular weight is 394 g/mol. The quantitative estimate of drug-likeness (QED) is 0.435. The first-order valence-corrected chi connectivity index (χ1v) is 11.2. The van der Waals surface area contributed by atoms with E-state index in [-0.39, 0.29) is 23.9 Å². The fourth-order valence-corrected chi connectivity index (χ4v) is 3.92. The van der Waals surface area contributed by atoms with Crippen LogP contribution in [-0.4, -0.2) is 60.9 Å². The molecule has 1 aliphatic carbocycles. The van der Waals surface area contributed by atoms with Crippen molar-refractivity contribution in [3.63, 3.8) is 0 Å². The second-order valence-electron chi connectivity index (χ2n) is 8.14. The van der Waals surface area contributed by atoms with Crippen molar-refractivity contribution in [1.82, 2.24) is 20.9 Å². The van der Waals surface area contributed by atoms with E-state index >= 15 is 0 Å². The van der Waals surface area contributed by atoms with E-state index < -0.39 is 0 Å². The van der Waals surface area contributed by atoms with E-state index in [9.17, 15) is 9.59 Å². The summed E-state index contributed by atoms with van der Waals surface area (Å²) < 4.78 is 0. The van der Waals surface area contributed by atoms with Gasteiger partial charge in [-0.15, -0.1) is 0 Å². The van der Waals surface area contributed by atoms with Gasteiger partial charge >= 0.3 is 0 Å². The molecule has 2 unspecified atom stereocenters. The van der Waals surface area contributed by atoms with Crippen LogP contribution in [0.3, 0.4) is 0 Å². The molecule has 7 nitrogen and oxygen atoms in total. The van der Waals surface area contributed by atoms with Gasteiger partial charge in [-0.1, -0.05) is 26.2 Å². The van der Waals surface area contributed by atoms with Crippen molar-refractivity contribution in [3.8, 4) is 0 Å². The third kappa shape index (κ3) is 7.32. The summed E-state index contributed by atoms with van der Waals surface area (Å²) in [6, 6.07) is 0.424. The van der Waals surface area contributed by atoms with Crippen LogP contribution in [0, 0.1) is 5.92 Å².